The molecule has 0 aliphatic carbocycles. The fourth-order valence-corrected chi connectivity index (χ4v) is 6.01. The van der Waals surface area contributed by atoms with Gasteiger partial charge in [-0.2, -0.15) is 0 Å². The van der Waals surface area contributed by atoms with Crippen LogP contribution in [0, 0.1) is 0 Å². The molecule has 0 aromatic heterocycles. The topological polar surface area (TPSA) is 42.0 Å². The predicted molar refractivity (Wildman–Crippen MR) is 152 cm³/mol. The summed E-state index contributed by atoms with van der Waals surface area (Å²) >= 11 is 0. The summed E-state index contributed by atoms with van der Waals surface area (Å²) in [6.45, 7) is 3.84. The van der Waals surface area contributed by atoms with E-state index in [9.17, 15) is 4.79 Å². The standard InChI is InChI=1S/C31H38N2O3.ClH/c1-35-29-20-25-14-18-33(31(34)22-26(25)21-30(29)36-2)19-15-27-11-5-6-16-32(27)17-13-24-10-7-9-23-8-3-4-12-28(23)24;/h3-4,7-10,12,20-21,27H,5-6,11,13-19,22H2,1-2H3;1H. The lowest BCUT2D eigenvalue weighted by molar-refractivity contribution is -0.130. The molecule has 0 saturated carbocycles. The molecule has 1 saturated heterocycles. The van der Waals surface area contributed by atoms with Gasteiger partial charge in [0.15, 0.2) is 11.5 Å². The Morgan fingerprint density at radius 2 is 1.65 bits per heavy atom. The first-order chi connectivity index (χ1) is 17.7. The quantitative estimate of drug-likeness (QED) is 0.381. The number of methoxy groups -OCH3 is 2. The molecule has 0 spiro atoms. The molecule has 3 aromatic rings. The minimum atomic E-state index is 0. The third-order valence-electron chi connectivity index (χ3n) is 8.08. The van der Waals surface area contributed by atoms with Crippen LogP contribution in [0.2, 0.25) is 0 Å². The minimum absolute atomic E-state index is 0. The number of amides is 1. The fraction of sp³-hybridized carbons (Fsp3) is 0.452. The van der Waals surface area contributed by atoms with Gasteiger partial charge in [-0.1, -0.05) is 48.9 Å². The number of ether oxygens (including phenoxy) is 2. The number of benzene rings is 3. The van der Waals surface area contributed by atoms with Gasteiger partial charge in [0, 0.05) is 25.7 Å². The van der Waals surface area contributed by atoms with Crippen LogP contribution in [0.3, 0.4) is 0 Å². The van der Waals surface area contributed by atoms with Gasteiger partial charge >= 0.3 is 0 Å². The average Bonchev–Trinajstić information content (AvgIpc) is 3.07. The molecule has 5 rings (SSSR count). The molecule has 1 atom stereocenters. The molecule has 0 radical (unpaired) electrons. The van der Waals surface area contributed by atoms with Gasteiger partial charge in [-0.3, -0.25) is 9.69 Å². The van der Waals surface area contributed by atoms with Gasteiger partial charge in [-0.15, -0.1) is 12.4 Å². The summed E-state index contributed by atoms with van der Waals surface area (Å²) in [5.74, 6) is 1.65. The van der Waals surface area contributed by atoms with E-state index in [4.69, 9.17) is 9.47 Å². The van der Waals surface area contributed by atoms with Crippen molar-refractivity contribution in [2.75, 3.05) is 40.4 Å². The minimum Gasteiger partial charge on any atom is -0.493 e. The number of piperidine rings is 1. The number of carbonyl (C=O) groups excluding carboxylic acids is 1. The van der Waals surface area contributed by atoms with Crippen molar-refractivity contribution in [3.63, 3.8) is 0 Å². The zero-order valence-electron chi connectivity index (χ0n) is 22.1. The van der Waals surface area contributed by atoms with Crippen LogP contribution in [0.25, 0.3) is 10.8 Å². The van der Waals surface area contributed by atoms with Crippen molar-refractivity contribution in [2.24, 2.45) is 0 Å². The molecule has 5 nitrogen and oxygen atoms in total. The summed E-state index contributed by atoms with van der Waals surface area (Å²) < 4.78 is 11.0. The normalized spacial score (nSPS) is 18.2. The Hall–Kier alpha value is -2.76. The van der Waals surface area contributed by atoms with E-state index >= 15 is 0 Å². The first kappa shape index (κ1) is 27.3. The Morgan fingerprint density at radius 3 is 2.46 bits per heavy atom. The highest BCUT2D eigenvalue weighted by Crippen LogP contribution is 2.32. The second-order valence-corrected chi connectivity index (χ2v) is 10.1. The molecule has 2 heterocycles. The van der Waals surface area contributed by atoms with E-state index in [0.29, 0.717) is 18.2 Å². The zero-order chi connectivity index (χ0) is 24.9. The van der Waals surface area contributed by atoms with Gasteiger partial charge in [0.05, 0.1) is 20.6 Å². The summed E-state index contributed by atoms with van der Waals surface area (Å²) in [4.78, 5) is 17.9. The fourth-order valence-electron chi connectivity index (χ4n) is 6.01. The maximum Gasteiger partial charge on any atom is 0.227 e. The van der Waals surface area contributed by atoms with Crippen LogP contribution >= 0.6 is 12.4 Å². The predicted octanol–water partition coefficient (Wildman–Crippen LogP) is 5.69. The molecule has 3 aromatic carbocycles. The Morgan fingerprint density at radius 1 is 0.892 bits per heavy atom. The number of likely N-dealkylation sites (tertiary alicyclic amines) is 1. The molecule has 2 aliphatic heterocycles. The highest BCUT2D eigenvalue weighted by atomic mass is 35.5. The van der Waals surface area contributed by atoms with Gasteiger partial charge in [-0.25, -0.2) is 0 Å². The van der Waals surface area contributed by atoms with E-state index in [0.717, 1.165) is 56.8 Å². The largest absolute Gasteiger partial charge is 0.493 e. The summed E-state index contributed by atoms with van der Waals surface area (Å²) in [6, 6.07) is 19.9. The monoisotopic (exact) mass is 522 g/mol. The van der Waals surface area contributed by atoms with Gasteiger partial charge in [0.2, 0.25) is 5.91 Å². The maximum absolute atomic E-state index is 13.2. The van der Waals surface area contributed by atoms with Crippen LogP contribution in [0.1, 0.15) is 42.4 Å². The van der Waals surface area contributed by atoms with E-state index in [1.54, 1.807) is 14.2 Å². The summed E-state index contributed by atoms with van der Waals surface area (Å²) in [6.07, 6.45) is 7.19. The van der Waals surface area contributed by atoms with E-state index in [1.165, 1.54) is 41.2 Å². The van der Waals surface area contributed by atoms with Crippen LogP contribution < -0.4 is 9.47 Å². The smallest absolute Gasteiger partial charge is 0.227 e. The van der Waals surface area contributed by atoms with Crippen LogP contribution in [0.4, 0.5) is 0 Å². The second-order valence-electron chi connectivity index (χ2n) is 10.1. The van der Waals surface area contributed by atoms with Crippen LogP contribution in [0.15, 0.2) is 54.6 Å². The van der Waals surface area contributed by atoms with Crippen molar-refractivity contribution < 1.29 is 14.3 Å². The van der Waals surface area contributed by atoms with E-state index in [-0.39, 0.29) is 18.3 Å². The number of nitrogens with zero attached hydrogens (tertiary/aromatic N) is 2. The molecule has 0 bridgehead atoms. The van der Waals surface area contributed by atoms with E-state index < -0.39 is 0 Å². The molecule has 1 amide bonds. The summed E-state index contributed by atoms with van der Waals surface area (Å²) in [5, 5.41) is 2.69. The van der Waals surface area contributed by atoms with E-state index in [2.05, 4.69) is 52.3 Å². The van der Waals surface area contributed by atoms with Gasteiger partial charge in [-0.05, 0) is 78.2 Å². The van der Waals surface area contributed by atoms with Gasteiger partial charge in [0.1, 0.15) is 0 Å². The van der Waals surface area contributed by atoms with Crippen molar-refractivity contribution in [2.45, 2.75) is 51.0 Å². The average molecular weight is 523 g/mol. The summed E-state index contributed by atoms with van der Waals surface area (Å²) in [5.41, 5.74) is 3.69. The Labute approximate surface area is 227 Å². The van der Waals surface area contributed by atoms with Crippen LogP contribution in [-0.2, 0) is 24.1 Å². The molecule has 198 valence electrons. The number of fused-ring (bicyclic) bond motifs is 2. The first-order valence-electron chi connectivity index (χ1n) is 13.4. The van der Waals surface area contributed by atoms with Crippen molar-refractivity contribution in [3.05, 3.63) is 71.3 Å². The first-order valence-corrected chi connectivity index (χ1v) is 13.4. The lowest BCUT2D eigenvalue weighted by Gasteiger charge is -2.37. The van der Waals surface area contributed by atoms with Gasteiger partial charge in [0.25, 0.3) is 0 Å². The number of hydrogen-bond donors (Lipinski definition) is 0. The number of halogens is 1. The number of rotatable bonds is 8. The SMILES string of the molecule is COc1cc2c(cc1OC)CC(=O)N(CCC1CCCCN1CCc1cccc3ccccc13)CC2.Cl. The second kappa shape index (κ2) is 12.7. The number of hydrogen-bond acceptors (Lipinski definition) is 4. The highest BCUT2D eigenvalue weighted by Gasteiger charge is 2.26. The van der Waals surface area contributed by atoms with Crippen molar-refractivity contribution in [1.29, 1.82) is 0 Å². The molecule has 6 heteroatoms. The molecule has 0 N–H and O–H groups in total. The van der Waals surface area contributed by atoms with E-state index in [1.807, 2.05) is 12.1 Å². The molecular weight excluding hydrogens is 484 g/mol. The zero-order valence-corrected chi connectivity index (χ0v) is 22.9. The molecule has 1 fully saturated rings. The Bertz CT molecular complexity index is 1210. The third-order valence-corrected chi connectivity index (χ3v) is 8.08. The summed E-state index contributed by atoms with van der Waals surface area (Å²) in [7, 11) is 3.31. The van der Waals surface area contributed by atoms with Crippen molar-refractivity contribution in [1.82, 2.24) is 9.80 Å². The highest BCUT2D eigenvalue weighted by molar-refractivity contribution is 5.86. The number of carbonyl (C=O) groups is 1. The van der Waals surface area contributed by atoms with Gasteiger partial charge < -0.3 is 14.4 Å². The molecule has 1 unspecified atom stereocenters. The van der Waals surface area contributed by atoms with Crippen molar-refractivity contribution >= 4 is 29.1 Å². The lowest BCUT2D eigenvalue weighted by atomic mass is 9.97. The van der Waals surface area contributed by atoms with Crippen molar-refractivity contribution in [3.8, 4) is 11.5 Å². The lowest BCUT2D eigenvalue weighted by Crippen LogP contribution is -2.43. The molecular formula is C31H39ClN2O3. The van der Waals surface area contributed by atoms with Crippen LogP contribution in [-0.4, -0.2) is 62.1 Å². The maximum atomic E-state index is 13.2. The Balaban J connectivity index is 0.00000320. The Kier molecular flexibility index (Phi) is 9.33. The molecule has 37 heavy (non-hydrogen) atoms. The third kappa shape index (κ3) is 6.22. The molecule has 2 aliphatic rings. The van der Waals surface area contributed by atoms with Crippen LogP contribution in [0.5, 0.6) is 11.5 Å².